The predicted molar refractivity (Wildman–Crippen MR) is 85.4 cm³/mol. The highest BCUT2D eigenvalue weighted by Gasteiger charge is 2.38. The van der Waals surface area contributed by atoms with Crippen LogP contribution in [0.3, 0.4) is 0 Å². The van der Waals surface area contributed by atoms with Crippen LogP contribution in [0.25, 0.3) is 11.4 Å². The van der Waals surface area contributed by atoms with E-state index in [0.717, 1.165) is 16.8 Å². The van der Waals surface area contributed by atoms with Gasteiger partial charge in [-0.3, -0.25) is 4.79 Å². The molecule has 3 aromatic rings. The summed E-state index contributed by atoms with van der Waals surface area (Å²) in [5, 5.41) is 6.55. The van der Waals surface area contributed by atoms with E-state index in [2.05, 4.69) is 24.3 Å². The Morgan fingerprint density at radius 1 is 1.21 bits per heavy atom. The van der Waals surface area contributed by atoms with E-state index in [9.17, 15) is 26.4 Å². The van der Waals surface area contributed by atoms with Crippen molar-refractivity contribution >= 4 is 15.8 Å². The van der Waals surface area contributed by atoms with Gasteiger partial charge in [0.05, 0.1) is 12.7 Å². The van der Waals surface area contributed by atoms with Gasteiger partial charge in [-0.2, -0.15) is 22.5 Å². The smallest absolute Gasteiger partial charge is 0.363 e. The molecule has 2 heterocycles. The van der Waals surface area contributed by atoms with E-state index in [-0.39, 0.29) is 21.8 Å². The average Bonchev–Trinajstić information content (AvgIpc) is 3.33. The van der Waals surface area contributed by atoms with Crippen LogP contribution in [0.2, 0.25) is 0 Å². The molecule has 0 atom stereocenters. The first kappa shape index (κ1) is 19.7. The molecule has 1 aromatic carbocycles. The maximum Gasteiger partial charge on any atom is 0.471 e. The van der Waals surface area contributed by atoms with Gasteiger partial charge in [0.25, 0.3) is 0 Å². The summed E-state index contributed by atoms with van der Waals surface area (Å²) in [5.74, 6) is -2.31. The topological polar surface area (TPSA) is 119 Å². The normalized spacial score (nSPS) is 12.5. The van der Waals surface area contributed by atoms with Gasteiger partial charge in [0, 0.05) is 18.2 Å². The van der Waals surface area contributed by atoms with Crippen molar-refractivity contribution in [3.05, 3.63) is 48.2 Å². The predicted octanol–water partition coefficient (Wildman–Crippen LogP) is 2.25. The molecule has 0 bridgehead atoms. The minimum Gasteiger partial charge on any atom is -0.363 e. The number of sulfonamides is 1. The summed E-state index contributed by atoms with van der Waals surface area (Å²) >= 11 is 0. The van der Waals surface area contributed by atoms with Gasteiger partial charge in [-0.1, -0.05) is 34.6 Å². The fraction of sp³-hybridized carbons (Fsp3) is 0.200. The lowest BCUT2D eigenvalue weighted by atomic mass is 10.1. The molecule has 0 N–H and O–H groups in total. The summed E-state index contributed by atoms with van der Waals surface area (Å²) in [7, 11) is -2.73. The Balaban J connectivity index is 1.73. The molecule has 148 valence electrons. The van der Waals surface area contributed by atoms with Crippen LogP contribution in [0.4, 0.5) is 13.2 Å². The average molecular weight is 416 g/mol. The van der Waals surface area contributed by atoms with Crippen LogP contribution in [-0.2, 0) is 16.2 Å². The number of rotatable bonds is 6. The first-order valence-corrected chi connectivity index (χ1v) is 8.93. The van der Waals surface area contributed by atoms with Gasteiger partial charge >= 0.3 is 12.1 Å². The first-order valence-electron chi connectivity index (χ1n) is 7.49. The fourth-order valence-electron chi connectivity index (χ4n) is 2.14. The SMILES string of the molecule is CN(CC(=O)c1ccc(-c2noc(C(F)(F)F)n2)cc1)S(=O)(=O)c1cnoc1. The molecule has 13 heteroatoms. The molecule has 3 rings (SSSR count). The van der Waals surface area contributed by atoms with E-state index in [1.807, 2.05) is 0 Å². The molecule has 0 unspecified atom stereocenters. The van der Waals surface area contributed by atoms with E-state index < -0.39 is 34.4 Å². The number of alkyl halides is 3. The van der Waals surface area contributed by atoms with Crippen molar-refractivity contribution in [2.24, 2.45) is 0 Å². The van der Waals surface area contributed by atoms with Crippen molar-refractivity contribution in [1.29, 1.82) is 0 Å². The van der Waals surface area contributed by atoms with Gasteiger partial charge in [0.15, 0.2) is 5.78 Å². The molecule has 0 aliphatic rings. The highest BCUT2D eigenvalue weighted by Crippen LogP contribution is 2.29. The van der Waals surface area contributed by atoms with Gasteiger partial charge < -0.3 is 9.05 Å². The summed E-state index contributed by atoms with van der Waals surface area (Å²) < 4.78 is 71.4. The molecular weight excluding hydrogens is 405 g/mol. The van der Waals surface area contributed by atoms with E-state index in [1.54, 1.807) is 0 Å². The number of halogens is 3. The summed E-state index contributed by atoms with van der Waals surface area (Å²) in [6, 6.07) is 5.29. The molecule has 0 saturated carbocycles. The lowest BCUT2D eigenvalue weighted by molar-refractivity contribution is -0.159. The number of carbonyl (C=O) groups excluding carboxylic acids is 1. The van der Waals surface area contributed by atoms with Crippen molar-refractivity contribution in [3.63, 3.8) is 0 Å². The second-order valence-corrected chi connectivity index (χ2v) is 7.59. The maximum atomic E-state index is 12.5. The third-order valence-electron chi connectivity index (χ3n) is 3.62. The molecule has 0 radical (unpaired) electrons. The fourth-order valence-corrected chi connectivity index (χ4v) is 3.13. The second-order valence-electron chi connectivity index (χ2n) is 5.54. The van der Waals surface area contributed by atoms with Crippen molar-refractivity contribution in [1.82, 2.24) is 19.6 Å². The molecule has 2 aromatic heterocycles. The summed E-state index contributed by atoms with van der Waals surface area (Å²) in [5.41, 5.74) is 0.344. The number of nitrogens with zero attached hydrogens (tertiary/aromatic N) is 4. The quantitative estimate of drug-likeness (QED) is 0.561. The lowest BCUT2D eigenvalue weighted by Gasteiger charge is -2.14. The minimum atomic E-state index is -4.76. The standard InChI is InChI=1S/C15H11F3N4O5S/c1-22(28(24,25)11-6-19-26-8-11)7-12(23)9-2-4-10(5-3-9)13-20-14(27-21-13)15(16,17)18/h2-6,8H,7H2,1H3. The Morgan fingerprint density at radius 2 is 1.89 bits per heavy atom. The van der Waals surface area contributed by atoms with Crippen LogP contribution in [0.15, 0.2) is 50.7 Å². The van der Waals surface area contributed by atoms with E-state index in [4.69, 9.17) is 0 Å². The van der Waals surface area contributed by atoms with Crippen molar-refractivity contribution in [2.75, 3.05) is 13.6 Å². The first-order chi connectivity index (χ1) is 13.1. The Hall–Kier alpha value is -3.06. The third kappa shape index (κ3) is 3.94. The molecular formula is C15H11F3N4O5S. The number of Topliss-reactive ketones (excluding diaryl/α,β-unsaturated/α-hetero) is 1. The highest BCUT2D eigenvalue weighted by atomic mass is 32.2. The molecule has 0 aliphatic carbocycles. The number of likely N-dealkylation sites (N-methyl/N-ethyl adjacent to an activating group) is 1. The lowest BCUT2D eigenvalue weighted by Crippen LogP contribution is -2.32. The van der Waals surface area contributed by atoms with E-state index >= 15 is 0 Å². The third-order valence-corrected chi connectivity index (χ3v) is 5.36. The van der Waals surface area contributed by atoms with Gasteiger partial charge in [-0.25, -0.2) is 8.42 Å². The molecule has 0 aliphatic heterocycles. The van der Waals surface area contributed by atoms with Crippen molar-refractivity contribution in [2.45, 2.75) is 11.1 Å². The Kier molecular flexibility index (Phi) is 5.04. The van der Waals surface area contributed by atoms with Gasteiger partial charge in [-0.05, 0) is 0 Å². The Morgan fingerprint density at radius 3 is 2.43 bits per heavy atom. The summed E-state index contributed by atoms with van der Waals surface area (Å²) in [6.45, 7) is -0.465. The van der Waals surface area contributed by atoms with E-state index in [1.165, 1.54) is 31.3 Å². The van der Waals surface area contributed by atoms with Crippen molar-refractivity contribution in [3.8, 4) is 11.4 Å². The monoisotopic (exact) mass is 416 g/mol. The molecule has 9 nitrogen and oxygen atoms in total. The molecule has 0 spiro atoms. The van der Waals surface area contributed by atoms with Crippen LogP contribution in [-0.4, -0.2) is 47.4 Å². The number of carbonyl (C=O) groups is 1. The molecule has 28 heavy (non-hydrogen) atoms. The zero-order valence-electron chi connectivity index (χ0n) is 14.0. The van der Waals surface area contributed by atoms with Crippen LogP contribution in [0, 0.1) is 0 Å². The van der Waals surface area contributed by atoms with Crippen LogP contribution >= 0.6 is 0 Å². The second kappa shape index (κ2) is 7.16. The van der Waals surface area contributed by atoms with Gasteiger partial charge in [0.1, 0.15) is 11.2 Å². The van der Waals surface area contributed by atoms with E-state index in [0.29, 0.717) is 0 Å². The van der Waals surface area contributed by atoms with Crippen LogP contribution < -0.4 is 0 Å². The molecule has 0 saturated heterocycles. The summed E-state index contributed by atoms with van der Waals surface area (Å²) in [4.78, 5) is 15.4. The largest absolute Gasteiger partial charge is 0.471 e. The zero-order chi connectivity index (χ0) is 20.5. The minimum absolute atomic E-state index is 0.149. The van der Waals surface area contributed by atoms with Crippen molar-refractivity contribution < 1.29 is 35.4 Å². The molecule has 0 amide bonds. The maximum absolute atomic E-state index is 12.5. The van der Waals surface area contributed by atoms with Crippen LogP contribution in [0.5, 0.6) is 0 Å². The number of hydrogen-bond acceptors (Lipinski definition) is 8. The number of aromatic nitrogens is 3. The summed E-state index contributed by atoms with van der Waals surface area (Å²) in [6.07, 6.45) is -2.82. The Bertz CT molecular complexity index is 1080. The molecule has 0 fully saturated rings. The Labute approximate surface area is 155 Å². The zero-order valence-corrected chi connectivity index (χ0v) is 14.9. The van der Waals surface area contributed by atoms with Gasteiger partial charge in [0.2, 0.25) is 15.8 Å². The highest BCUT2D eigenvalue weighted by molar-refractivity contribution is 7.89. The number of ketones is 1. The number of benzene rings is 1. The van der Waals surface area contributed by atoms with Crippen LogP contribution in [0.1, 0.15) is 16.2 Å². The number of hydrogen-bond donors (Lipinski definition) is 0. The van der Waals surface area contributed by atoms with Gasteiger partial charge in [-0.15, -0.1) is 0 Å².